The van der Waals surface area contributed by atoms with Gasteiger partial charge in [-0.25, -0.2) is 0 Å². The number of hydrogen-bond acceptors (Lipinski definition) is 5. The quantitative estimate of drug-likeness (QED) is 0.0800. The topological polar surface area (TPSA) is 107 Å². The molecule has 0 aliphatic carbocycles. The second-order valence-corrected chi connectivity index (χ2v) is 13.2. The summed E-state index contributed by atoms with van der Waals surface area (Å²) in [6.07, 6.45) is 17.1. The number of aryl methyl sites for hydroxylation is 4. The van der Waals surface area contributed by atoms with Crippen molar-refractivity contribution in [3.63, 3.8) is 0 Å². The van der Waals surface area contributed by atoms with Crippen molar-refractivity contribution in [3.05, 3.63) is 93.5 Å². The molecule has 51 heavy (non-hydrogen) atoms. The van der Waals surface area contributed by atoms with Crippen molar-refractivity contribution in [3.8, 4) is 11.5 Å². The van der Waals surface area contributed by atoms with Gasteiger partial charge in [0, 0.05) is 23.5 Å². The van der Waals surface area contributed by atoms with E-state index in [2.05, 4.69) is 33.8 Å². The molecule has 0 heterocycles. The third-order valence-electron chi connectivity index (χ3n) is 8.77. The number of phenols is 1. The Labute approximate surface area is 331 Å². The molecule has 0 saturated heterocycles. The summed E-state index contributed by atoms with van der Waals surface area (Å²) in [4.78, 5) is 22.3. The van der Waals surface area contributed by atoms with Gasteiger partial charge in [0.1, 0.15) is 18.1 Å². The van der Waals surface area contributed by atoms with Gasteiger partial charge in [-0.05, 0) is 79.2 Å². The summed E-state index contributed by atoms with van der Waals surface area (Å²) in [6, 6.07) is 18.2. The summed E-state index contributed by atoms with van der Waals surface area (Å²) in [5.74, 6) is -1.03. The van der Waals surface area contributed by atoms with E-state index in [-0.39, 0.29) is 55.6 Å². The average Bonchev–Trinajstić information content (AvgIpc) is 3.07. The fourth-order valence-electron chi connectivity index (χ4n) is 6.11. The Bertz CT molecular complexity index is 1390. The standard InChI is InChI=1S/C25H34O3.C18H28O3.CH4.Na/c1-3-5-8-14-21-16-22(15-9-6-4-2)25(23(17-21)18-24(26)27)28-19-20-12-10-7-11-13-20;1-3-5-7-9-14-11-15(10-8-6-4-2)18(21)16(12-14)13-17(19)20;;/h7,10-13,16-17H,3-6,8-9,14-15,18-19H2,1-2H3,(H,26,27);11-12,21H,3-10,13H2,1-2H3,(H,19,20);1H4;/q;;;+1/p-1. The van der Waals surface area contributed by atoms with Crippen molar-refractivity contribution in [2.75, 3.05) is 0 Å². The van der Waals surface area contributed by atoms with Crippen LogP contribution in [0.25, 0.3) is 0 Å². The van der Waals surface area contributed by atoms with Gasteiger partial charge in [-0.1, -0.05) is 141 Å². The number of hydrogen-bond donors (Lipinski definition) is 2. The van der Waals surface area contributed by atoms with Crippen LogP contribution in [-0.2, 0) is 54.7 Å². The van der Waals surface area contributed by atoms with E-state index >= 15 is 0 Å². The minimum atomic E-state index is -1.14. The molecule has 3 aromatic carbocycles. The van der Waals surface area contributed by atoms with Crippen molar-refractivity contribution in [2.45, 2.75) is 157 Å². The molecule has 0 spiro atoms. The maximum absolute atomic E-state index is 11.5. The van der Waals surface area contributed by atoms with Gasteiger partial charge < -0.3 is 24.9 Å². The SMILES string of the molecule is C.CCCCCc1cc(CCCCC)c(O)c(CC(=O)[O-])c1.CCCCCc1cc(CCCCC)c(OCc2ccccc2)c(CC(=O)O)c1.[Na+]. The number of rotatable bonds is 23. The summed E-state index contributed by atoms with van der Waals surface area (Å²) in [6.45, 7) is 9.16. The molecule has 0 saturated carbocycles. The summed E-state index contributed by atoms with van der Waals surface area (Å²) < 4.78 is 6.20. The number of benzene rings is 3. The number of aliphatic carboxylic acids is 2. The largest absolute Gasteiger partial charge is 1.00 e. The maximum atomic E-state index is 11.5. The summed E-state index contributed by atoms with van der Waals surface area (Å²) >= 11 is 0. The van der Waals surface area contributed by atoms with Gasteiger partial charge in [-0.3, -0.25) is 4.79 Å². The fraction of sp³-hybridized carbons (Fsp3) is 0.545. The first-order chi connectivity index (χ1) is 23.7. The van der Waals surface area contributed by atoms with Crippen molar-refractivity contribution in [1.82, 2.24) is 0 Å². The predicted octanol–water partition coefficient (Wildman–Crippen LogP) is 7.15. The van der Waals surface area contributed by atoms with Gasteiger partial charge in [0.25, 0.3) is 0 Å². The first kappa shape index (κ1) is 48.2. The van der Waals surface area contributed by atoms with Crippen LogP contribution in [0.1, 0.15) is 151 Å². The summed E-state index contributed by atoms with van der Waals surface area (Å²) in [5.41, 5.74) is 6.81. The van der Waals surface area contributed by atoms with Crippen LogP contribution in [0.5, 0.6) is 11.5 Å². The van der Waals surface area contributed by atoms with E-state index in [9.17, 15) is 24.9 Å². The molecule has 0 radical (unpaired) electrons. The molecule has 0 aliphatic heterocycles. The molecule has 2 N–H and O–H groups in total. The number of unbranched alkanes of at least 4 members (excludes halogenated alkanes) is 8. The molecular formula is C44H65NaO6. The van der Waals surface area contributed by atoms with E-state index in [4.69, 9.17) is 4.74 Å². The number of phenolic OH excluding ortho intramolecular Hbond substituents is 1. The number of carbonyl (C=O) groups is 2. The van der Waals surface area contributed by atoms with Gasteiger partial charge in [-0.2, -0.15) is 0 Å². The molecule has 0 bridgehead atoms. The van der Waals surface area contributed by atoms with E-state index in [0.29, 0.717) is 12.2 Å². The Morgan fingerprint density at radius 1 is 0.608 bits per heavy atom. The zero-order valence-electron chi connectivity index (χ0n) is 31.7. The van der Waals surface area contributed by atoms with Crippen molar-refractivity contribution in [1.29, 1.82) is 0 Å². The molecule has 0 atom stereocenters. The second kappa shape index (κ2) is 28.7. The van der Waals surface area contributed by atoms with E-state index < -0.39 is 11.9 Å². The van der Waals surface area contributed by atoms with Crippen LogP contribution in [0.3, 0.4) is 0 Å². The van der Waals surface area contributed by atoms with Gasteiger partial charge in [0.2, 0.25) is 0 Å². The zero-order chi connectivity index (χ0) is 35.9. The normalized spacial score (nSPS) is 10.4. The monoisotopic (exact) mass is 712 g/mol. The van der Waals surface area contributed by atoms with E-state index in [1.165, 1.54) is 37.7 Å². The van der Waals surface area contributed by atoms with Gasteiger partial charge in [0.15, 0.2) is 0 Å². The minimum Gasteiger partial charge on any atom is -0.550 e. The Kier molecular flexibility index (Phi) is 27.2. The molecule has 0 fully saturated rings. The van der Waals surface area contributed by atoms with Crippen LogP contribution >= 0.6 is 0 Å². The number of carboxylic acid groups (broad SMARTS) is 2. The number of aromatic hydroxyl groups is 1. The third kappa shape index (κ3) is 19.6. The molecule has 0 aliphatic rings. The predicted molar refractivity (Wildman–Crippen MR) is 205 cm³/mol. The van der Waals surface area contributed by atoms with Crippen LogP contribution in [-0.4, -0.2) is 22.2 Å². The molecule has 0 aromatic heterocycles. The molecule has 7 heteroatoms. The number of carbonyl (C=O) groups excluding carboxylic acids is 1. The molecule has 0 amide bonds. The Morgan fingerprint density at radius 2 is 1.06 bits per heavy atom. The summed E-state index contributed by atoms with van der Waals surface area (Å²) in [5, 5.41) is 30.5. The molecule has 0 unspecified atom stereocenters. The van der Waals surface area contributed by atoms with Gasteiger partial charge in [-0.15, -0.1) is 0 Å². The Balaban J connectivity index is 0.000000980. The van der Waals surface area contributed by atoms with Crippen LogP contribution in [0.15, 0.2) is 54.6 Å². The van der Waals surface area contributed by atoms with Crippen molar-refractivity contribution < 1.29 is 59.2 Å². The summed E-state index contributed by atoms with van der Waals surface area (Å²) in [7, 11) is 0. The van der Waals surface area contributed by atoms with Gasteiger partial charge >= 0.3 is 35.5 Å². The molecule has 6 nitrogen and oxygen atoms in total. The van der Waals surface area contributed by atoms with Crippen LogP contribution in [0.4, 0.5) is 0 Å². The molecule has 278 valence electrons. The number of carboxylic acids is 2. The molecule has 3 rings (SSSR count). The molecular weight excluding hydrogens is 647 g/mol. The first-order valence-corrected chi connectivity index (χ1v) is 18.8. The zero-order valence-corrected chi connectivity index (χ0v) is 33.7. The van der Waals surface area contributed by atoms with Crippen LogP contribution in [0.2, 0.25) is 0 Å². The van der Waals surface area contributed by atoms with E-state index in [1.807, 2.05) is 48.5 Å². The van der Waals surface area contributed by atoms with Crippen molar-refractivity contribution >= 4 is 11.9 Å². The third-order valence-corrected chi connectivity index (χ3v) is 8.77. The second-order valence-electron chi connectivity index (χ2n) is 13.2. The minimum absolute atomic E-state index is 0. The van der Waals surface area contributed by atoms with Crippen LogP contribution < -0.4 is 39.4 Å². The average molecular weight is 713 g/mol. The fourth-order valence-corrected chi connectivity index (χ4v) is 6.11. The first-order valence-electron chi connectivity index (χ1n) is 18.8. The Morgan fingerprint density at radius 3 is 1.55 bits per heavy atom. The maximum Gasteiger partial charge on any atom is 1.00 e. The van der Waals surface area contributed by atoms with Gasteiger partial charge in [0.05, 0.1) is 6.42 Å². The Hall–Kier alpha value is -2.80. The van der Waals surface area contributed by atoms with Crippen molar-refractivity contribution in [2.24, 2.45) is 0 Å². The molecule has 3 aromatic rings. The van der Waals surface area contributed by atoms with E-state index in [0.717, 1.165) is 104 Å². The van der Waals surface area contributed by atoms with E-state index in [1.54, 1.807) is 0 Å². The number of ether oxygens (including phenoxy) is 1. The van der Waals surface area contributed by atoms with Crippen LogP contribution in [0, 0.1) is 0 Å². The smallest absolute Gasteiger partial charge is 0.550 e.